The maximum atomic E-state index is 14.4. The minimum atomic E-state index is -4.87. The van der Waals surface area contributed by atoms with Gasteiger partial charge >= 0.3 is 6.18 Å². The van der Waals surface area contributed by atoms with Crippen molar-refractivity contribution in [3.8, 4) is 5.75 Å². The fraction of sp³-hybridized carbons (Fsp3) is 0.231. The Balaban J connectivity index is 1.52. The molecule has 188 valence electrons. The lowest BCUT2D eigenvalue weighted by Crippen LogP contribution is -2.36. The van der Waals surface area contributed by atoms with E-state index in [9.17, 15) is 27.2 Å². The summed E-state index contributed by atoms with van der Waals surface area (Å²) in [5, 5.41) is 2.86. The average Bonchev–Trinajstić information content (AvgIpc) is 2.85. The van der Waals surface area contributed by atoms with Crippen LogP contribution in [0.25, 0.3) is 0 Å². The molecule has 1 N–H and O–H groups in total. The van der Waals surface area contributed by atoms with E-state index in [-0.39, 0.29) is 23.0 Å². The molecular formula is C26H21ClF4N2O3. The molecule has 2 amide bonds. The highest BCUT2D eigenvalue weighted by Gasteiger charge is 2.35. The third-order valence-electron chi connectivity index (χ3n) is 5.96. The molecule has 0 atom stereocenters. The first kappa shape index (κ1) is 25.5. The number of ether oxygens (including phenoxy) is 1. The van der Waals surface area contributed by atoms with Crippen LogP contribution in [0.5, 0.6) is 5.75 Å². The number of fused-ring (bicyclic) bond motifs is 1. The van der Waals surface area contributed by atoms with Crippen LogP contribution in [0.3, 0.4) is 0 Å². The number of hydrogen-bond donors (Lipinski definition) is 1. The Morgan fingerprint density at radius 2 is 1.86 bits per heavy atom. The Bertz CT molecular complexity index is 1330. The summed E-state index contributed by atoms with van der Waals surface area (Å²) < 4.78 is 58.5. The number of rotatable bonds is 5. The highest BCUT2D eigenvalue weighted by Crippen LogP contribution is 2.35. The number of nitrogens with zero attached hydrogens (tertiary/aromatic N) is 1. The fourth-order valence-electron chi connectivity index (χ4n) is 4.17. The summed E-state index contributed by atoms with van der Waals surface area (Å²) in [5.74, 6) is -1.81. The molecule has 0 aromatic heterocycles. The van der Waals surface area contributed by atoms with Crippen molar-refractivity contribution >= 4 is 29.1 Å². The van der Waals surface area contributed by atoms with Gasteiger partial charge in [0.1, 0.15) is 11.6 Å². The van der Waals surface area contributed by atoms with Crippen molar-refractivity contribution in [1.29, 1.82) is 0 Å². The minimum Gasteiger partial charge on any atom is -0.497 e. The summed E-state index contributed by atoms with van der Waals surface area (Å²) in [5.41, 5.74) is 0.461. The second kappa shape index (κ2) is 10.2. The van der Waals surface area contributed by atoms with Crippen LogP contribution in [0.1, 0.15) is 32.6 Å². The van der Waals surface area contributed by atoms with Gasteiger partial charge in [0.15, 0.2) is 0 Å². The lowest BCUT2D eigenvalue weighted by atomic mass is 9.96. The van der Waals surface area contributed by atoms with Gasteiger partial charge < -0.3 is 15.0 Å². The number of benzene rings is 3. The average molecular weight is 521 g/mol. The van der Waals surface area contributed by atoms with Gasteiger partial charge in [0.25, 0.3) is 5.91 Å². The number of carbonyl (C=O) groups is 2. The molecule has 0 spiro atoms. The summed E-state index contributed by atoms with van der Waals surface area (Å²) >= 11 is 6.32. The standard InChI is InChI=1S/C26H21ClF4N2O3/c1-36-18-6-2-5-16(12-18)25(35)33-11-10-19-17(14-33)8-9-21(27)24(19)32-22(34)13-15-4-3-7-20(23(15)28)26(29,30)31/h2-9,12H,10-11,13-14H2,1H3,(H,32,34). The Morgan fingerprint density at radius 3 is 2.58 bits per heavy atom. The van der Waals surface area contributed by atoms with Crippen LogP contribution in [0.15, 0.2) is 54.6 Å². The van der Waals surface area contributed by atoms with E-state index in [1.807, 2.05) is 0 Å². The van der Waals surface area contributed by atoms with E-state index in [4.69, 9.17) is 16.3 Å². The molecule has 0 unspecified atom stereocenters. The van der Waals surface area contributed by atoms with Gasteiger partial charge in [-0.15, -0.1) is 0 Å². The number of anilines is 1. The molecule has 0 saturated carbocycles. The van der Waals surface area contributed by atoms with Crippen LogP contribution in [0, 0.1) is 5.82 Å². The van der Waals surface area contributed by atoms with E-state index in [0.29, 0.717) is 36.0 Å². The summed E-state index contributed by atoms with van der Waals surface area (Å²) in [4.78, 5) is 27.3. The Morgan fingerprint density at radius 1 is 1.11 bits per heavy atom. The Kier molecular flexibility index (Phi) is 7.21. The molecule has 1 aliphatic heterocycles. The van der Waals surface area contributed by atoms with Gasteiger partial charge in [-0.3, -0.25) is 9.59 Å². The van der Waals surface area contributed by atoms with Gasteiger partial charge in [0.05, 0.1) is 29.8 Å². The first-order chi connectivity index (χ1) is 17.1. The van der Waals surface area contributed by atoms with E-state index in [1.54, 1.807) is 41.3 Å². The molecule has 0 saturated heterocycles. The van der Waals surface area contributed by atoms with Gasteiger partial charge in [-0.25, -0.2) is 4.39 Å². The summed E-state index contributed by atoms with van der Waals surface area (Å²) in [6, 6.07) is 13.0. The van der Waals surface area contributed by atoms with Crippen molar-refractivity contribution in [3.05, 3.63) is 93.3 Å². The predicted molar refractivity (Wildman–Crippen MR) is 127 cm³/mol. The van der Waals surface area contributed by atoms with Gasteiger partial charge in [-0.1, -0.05) is 35.9 Å². The van der Waals surface area contributed by atoms with Crippen LogP contribution in [0.2, 0.25) is 5.02 Å². The van der Waals surface area contributed by atoms with Crippen LogP contribution in [0.4, 0.5) is 23.2 Å². The normalized spacial score (nSPS) is 13.2. The smallest absolute Gasteiger partial charge is 0.419 e. The summed E-state index contributed by atoms with van der Waals surface area (Å²) in [7, 11) is 1.52. The number of amides is 2. The zero-order valence-corrected chi connectivity index (χ0v) is 19.8. The van der Waals surface area contributed by atoms with Crippen molar-refractivity contribution in [2.75, 3.05) is 19.0 Å². The van der Waals surface area contributed by atoms with E-state index >= 15 is 0 Å². The molecule has 0 bridgehead atoms. The van der Waals surface area contributed by atoms with Crippen LogP contribution < -0.4 is 10.1 Å². The maximum absolute atomic E-state index is 14.4. The minimum absolute atomic E-state index is 0.180. The topological polar surface area (TPSA) is 58.6 Å². The molecule has 1 aliphatic rings. The largest absolute Gasteiger partial charge is 0.497 e. The Hall–Kier alpha value is -3.59. The number of hydrogen-bond acceptors (Lipinski definition) is 3. The molecule has 3 aromatic rings. The molecular weight excluding hydrogens is 500 g/mol. The monoisotopic (exact) mass is 520 g/mol. The van der Waals surface area contributed by atoms with Gasteiger partial charge in [0.2, 0.25) is 5.91 Å². The predicted octanol–water partition coefficient (Wildman–Crippen LogP) is 5.89. The lowest BCUT2D eigenvalue weighted by molar-refractivity contribution is -0.140. The number of alkyl halides is 3. The summed E-state index contributed by atoms with van der Waals surface area (Å²) in [6.45, 7) is 0.627. The van der Waals surface area contributed by atoms with E-state index in [0.717, 1.165) is 23.3 Å². The second-order valence-corrected chi connectivity index (χ2v) is 8.68. The molecule has 0 aliphatic carbocycles. The van der Waals surface area contributed by atoms with Gasteiger partial charge in [-0.2, -0.15) is 13.2 Å². The molecule has 5 nitrogen and oxygen atoms in total. The molecule has 3 aromatic carbocycles. The van der Waals surface area contributed by atoms with Gasteiger partial charge in [0, 0.05) is 18.7 Å². The van der Waals surface area contributed by atoms with Crippen molar-refractivity contribution in [1.82, 2.24) is 4.90 Å². The molecule has 0 radical (unpaired) electrons. The molecule has 10 heteroatoms. The zero-order chi connectivity index (χ0) is 26.0. The van der Waals surface area contributed by atoms with Crippen LogP contribution >= 0.6 is 11.6 Å². The third-order valence-corrected chi connectivity index (χ3v) is 6.27. The highest BCUT2D eigenvalue weighted by atomic mass is 35.5. The van der Waals surface area contributed by atoms with Crippen molar-refractivity contribution in [3.63, 3.8) is 0 Å². The molecule has 4 rings (SSSR count). The van der Waals surface area contributed by atoms with Crippen molar-refractivity contribution in [2.24, 2.45) is 0 Å². The first-order valence-corrected chi connectivity index (χ1v) is 11.3. The number of methoxy groups -OCH3 is 1. The third kappa shape index (κ3) is 5.31. The molecule has 0 fully saturated rings. The van der Waals surface area contributed by atoms with E-state index in [1.165, 1.54) is 7.11 Å². The number of carbonyl (C=O) groups excluding carboxylic acids is 2. The van der Waals surface area contributed by atoms with Crippen LogP contribution in [-0.2, 0) is 30.4 Å². The lowest BCUT2D eigenvalue weighted by Gasteiger charge is -2.30. The van der Waals surface area contributed by atoms with Crippen LogP contribution in [-0.4, -0.2) is 30.4 Å². The Labute approximate surface area is 209 Å². The van der Waals surface area contributed by atoms with E-state index in [2.05, 4.69) is 5.32 Å². The van der Waals surface area contributed by atoms with Crippen molar-refractivity contribution in [2.45, 2.75) is 25.6 Å². The SMILES string of the molecule is COc1cccc(C(=O)N2CCc3c(ccc(Cl)c3NC(=O)Cc3cccc(C(F)(F)F)c3F)C2)c1. The zero-order valence-electron chi connectivity index (χ0n) is 19.1. The molecule has 36 heavy (non-hydrogen) atoms. The van der Waals surface area contributed by atoms with E-state index < -0.39 is 29.9 Å². The first-order valence-electron chi connectivity index (χ1n) is 11.0. The fourth-order valence-corrected chi connectivity index (χ4v) is 4.39. The number of halogens is 5. The number of nitrogens with one attached hydrogen (secondary N) is 1. The molecule has 1 heterocycles. The maximum Gasteiger partial charge on any atom is 0.419 e. The highest BCUT2D eigenvalue weighted by molar-refractivity contribution is 6.34. The van der Waals surface area contributed by atoms with Crippen molar-refractivity contribution < 1.29 is 31.9 Å². The second-order valence-electron chi connectivity index (χ2n) is 8.27. The quantitative estimate of drug-likeness (QED) is 0.427. The summed E-state index contributed by atoms with van der Waals surface area (Å²) in [6.07, 6.45) is -5.08. The van der Waals surface area contributed by atoms with Gasteiger partial charge in [-0.05, 0) is 53.4 Å².